The average Bonchev–Trinajstić information content (AvgIpc) is 3.46. The van der Waals surface area contributed by atoms with E-state index < -0.39 is 41.4 Å². The molecule has 2 aromatic carbocycles. The van der Waals surface area contributed by atoms with Crippen molar-refractivity contribution < 1.29 is 41.4 Å². The number of fused-ring (bicyclic) bond motifs is 1. The van der Waals surface area contributed by atoms with Crippen LogP contribution in [-0.4, -0.2) is 103 Å². The molecule has 260 valence electrons. The van der Waals surface area contributed by atoms with Crippen molar-refractivity contribution in [1.29, 1.82) is 0 Å². The first-order valence-corrected chi connectivity index (χ1v) is 15.9. The number of piperazine rings is 1. The van der Waals surface area contributed by atoms with Crippen molar-refractivity contribution in [3.05, 3.63) is 47.4 Å². The summed E-state index contributed by atoms with van der Waals surface area (Å²) in [5, 5.41) is 0.214. The lowest BCUT2D eigenvalue weighted by Crippen LogP contribution is -2.50. The zero-order valence-corrected chi connectivity index (χ0v) is 28.0. The molecule has 0 saturated carbocycles. The number of ether oxygens (including phenoxy) is 2. The van der Waals surface area contributed by atoms with Crippen molar-refractivity contribution in [3.8, 4) is 16.9 Å². The molecule has 0 bridgehead atoms. The molecule has 0 aliphatic carbocycles. The Kier molecular flexibility index (Phi) is 9.57. The molecule has 2 fully saturated rings. The van der Waals surface area contributed by atoms with E-state index in [1.807, 2.05) is 4.90 Å². The van der Waals surface area contributed by atoms with Crippen molar-refractivity contribution in [2.24, 2.45) is 0 Å². The highest BCUT2D eigenvalue weighted by Crippen LogP contribution is 2.44. The van der Waals surface area contributed by atoms with E-state index in [0.29, 0.717) is 51.3 Å². The van der Waals surface area contributed by atoms with E-state index in [2.05, 4.69) is 9.72 Å². The van der Waals surface area contributed by atoms with Gasteiger partial charge in [-0.05, 0) is 69.0 Å². The second-order valence-corrected chi connectivity index (χ2v) is 13.5. The van der Waals surface area contributed by atoms with E-state index in [4.69, 9.17) is 4.74 Å². The summed E-state index contributed by atoms with van der Waals surface area (Å²) in [5.41, 5.74) is 0.361. The molecule has 3 heterocycles. The molecular formula is C34H41F4N5O5. The number of carbonyl (C=O) groups is 3. The number of piperidine rings is 1. The number of carbonyl (C=O) groups excluding carboxylic acids is 3. The molecule has 10 nitrogen and oxygen atoms in total. The van der Waals surface area contributed by atoms with Crippen molar-refractivity contribution in [2.45, 2.75) is 58.4 Å². The highest BCUT2D eigenvalue weighted by Gasteiger charge is 2.35. The van der Waals surface area contributed by atoms with Crippen LogP contribution in [0.15, 0.2) is 30.3 Å². The Morgan fingerprint density at radius 2 is 1.62 bits per heavy atom. The van der Waals surface area contributed by atoms with E-state index in [9.17, 15) is 27.6 Å². The summed E-state index contributed by atoms with van der Waals surface area (Å²) in [7, 11) is 3.08. The van der Waals surface area contributed by atoms with Gasteiger partial charge in [-0.15, -0.1) is 13.2 Å². The number of benzene rings is 2. The normalized spacial score (nSPS) is 17.5. The Morgan fingerprint density at radius 3 is 2.23 bits per heavy atom. The summed E-state index contributed by atoms with van der Waals surface area (Å²) in [6, 6.07) is 7.40. The third-order valence-corrected chi connectivity index (χ3v) is 8.60. The lowest BCUT2D eigenvalue weighted by molar-refractivity contribution is -0.274. The highest BCUT2D eigenvalue weighted by molar-refractivity contribution is 6.04. The maximum atomic E-state index is 16.3. The number of alkyl halides is 3. The number of rotatable bonds is 5. The number of anilines is 1. The van der Waals surface area contributed by atoms with Gasteiger partial charge in [0.1, 0.15) is 17.0 Å². The van der Waals surface area contributed by atoms with Crippen molar-refractivity contribution in [2.75, 3.05) is 58.3 Å². The summed E-state index contributed by atoms with van der Waals surface area (Å²) in [6.45, 7) is 8.83. The molecule has 2 aliphatic heterocycles. The number of H-pyrrole nitrogens is 1. The minimum atomic E-state index is -5.04. The lowest BCUT2D eigenvalue weighted by Gasteiger charge is -2.37. The molecule has 3 aromatic rings. The highest BCUT2D eigenvalue weighted by atomic mass is 19.4. The number of nitrogens with zero attached hydrogens (tertiary/aromatic N) is 4. The van der Waals surface area contributed by atoms with E-state index >= 15 is 4.39 Å². The van der Waals surface area contributed by atoms with Crippen LogP contribution >= 0.6 is 0 Å². The second-order valence-electron chi connectivity index (χ2n) is 13.5. The number of amides is 3. The zero-order valence-electron chi connectivity index (χ0n) is 28.0. The molecule has 14 heteroatoms. The lowest BCUT2D eigenvalue weighted by atomic mass is 9.86. The minimum absolute atomic E-state index is 0.0204. The number of halogens is 4. The van der Waals surface area contributed by atoms with Crippen molar-refractivity contribution >= 4 is 34.5 Å². The molecule has 48 heavy (non-hydrogen) atoms. The van der Waals surface area contributed by atoms with Crippen molar-refractivity contribution in [1.82, 2.24) is 19.7 Å². The van der Waals surface area contributed by atoms with Gasteiger partial charge >= 0.3 is 12.5 Å². The van der Waals surface area contributed by atoms with Gasteiger partial charge in [0.25, 0.3) is 5.91 Å². The van der Waals surface area contributed by atoms with E-state index in [-0.39, 0.29) is 45.7 Å². The van der Waals surface area contributed by atoms with Crippen LogP contribution in [0.1, 0.15) is 62.5 Å². The molecule has 5 rings (SSSR count). The molecule has 0 unspecified atom stereocenters. The quantitative estimate of drug-likeness (QED) is 0.317. The molecule has 0 spiro atoms. The van der Waals surface area contributed by atoms with E-state index in [0.717, 1.165) is 0 Å². The summed E-state index contributed by atoms with van der Waals surface area (Å²) in [5.74, 6) is -2.13. The number of aromatic amines is 1. The zero-order chi connectivity index (χ0) is 35.1. The first kappa shape index (κ1) is 34.8. The molecule has 1 aromatic heterocycles. The van der Waals surface area contributed by atoms with Crippen molar-refractivity contribution in [3.63, 3.8) is 0 Å². The average molecular weight is 676 g/mol. The van der Waals surface area contributed by atoms with Gasteiger partial charge in [0.05, 0.1) is 5.52 Å². The second kappa shape index (κ2) is 13.2. The van der Waals surface area contributed by atoms with Gasteiger partial charge in [0.15, 0.2) is 5.82 Å². The number of hydrogen-bond acceptors (Lipinski definition) is 6. The molecule has 2 aliphatic rings. The van der Waals surface area contributed by atoms with Crippen LogP contribution in [0.3, 0.4) is 0 Å². The van der Waals surface area contributed by atoms with Gasteiger partial charge in [0, 0.05) is 88.9 Å². The molecule has 0 radical (unpaired) electrons. The predicted octanol–water partition coefficient (Wildman–Crippen LogP) is 6.36. The largest absolute Gasteiger partial charge is 0.573 e. The minimum Gasteiger partial charge on any atom is -0.444 e. The van der Waals surface area contributed by atoms with Gasteiger partial charge in [-0.2, -0.15) is 0 Å². The fraction of sp³-hybridized carbons (Fsp3) is 0.500. The van der Waals surface area contributed by atoms with Gasteiger partial charge < -0.3 is 34.1 Å². The first-order chi connectivity index (χ1) is 22.4. The van der Waals surface area contributed by atoms with Crippen LogP contribution < -0.4 is 9.64 Å². The third kappa shape index (κ3) is 7.63. The summed E-state index contributed by atoms with van der Waals surface area (Å²) in [4.78, 5) is 46.8. The topological polar surface area (TPSA) is 98.4 Å². The fourth-order valence-corrected chi connectivity index (χ4v) is 6.29. The van der Waals surface area contributed by atoms with Gasteiger partial charge in [-0.25, -0.2) is 9.18 Å². The monoisotopic (exact) mass is 675 g/mol. The molecule has 1 N–H and O–H groups in total. The van der Waals surface area contributed by atoms with Gasteiger partial charge in [-0.3, -0.25) is 9.59 Å². The molecule has 2 saturated heterocycles. The number of likely N-dealkylation sites (tertiary alicyclic amines) is 1. The summed E-state index contributed by atoms with van der Waals surface area (Å²) < 4.78 is 68.1. The van der Waals surface area contributed by atoms with Crippen LogP contribution in [0.2, 0.25) is 0 Å². The number of hydrogen-bond donors (Lipinski definition) is 1. The van der Waals surface area contributed by atoms with Crippen LogP contribution in [0, 0.1) is 5.82 Å². The maximum Gasteiger partial charge on any atom is 0.573 e. The first-order valence-electron chi connectivity index (χ1n) is 15.9. The molecule has 3 amide bonds. The smallest absolute Gasteiger partial charge is 0.444 e. The predicted molar refractivity (Wildman–Crippen MR) is 173 cm³/mol. The third-order valence-electron chi connectivity index (χ3n) is 8.60. The Bertz CT molecular complexity index is 1710. The van der Waals surface area contributed by atoms with Crippen LogP contribution in [0.5, 0.6) is 5.75 Å². The van der Waals surface area contributed by atoms with Gasteiger partial charge in [0.2, 0.25) is 5.91 Å². The SMILES string of the molecule is CC(=O)N1CCC[C@H](c2cc(-c3ccc(N4CCN(C(=O)OC(C)(C)C)CC4)cc3OC(F)(F)F)c3cc(C(=O)N(C)C)[nH]c3c2F)C1. The molecular weight excluding hydrogens is 634 g/mol. The van der Waals surface area contributed by atoms with Crippen LogP contribution in [0.4, 0.5) is 28.0 Å². The Labute approximate surface area is 276 Å². The Hall–Kier alpha value is -4.49. The maximum absolute atomic E-state index is 16.3. The summed E-state index contributed by atoms with van der Waals surface area (Å²) in [6.07, 6.45) is -4.31. The Morgan fingerprint density at radius 1 is 0.938 bits per heavy atom. The van der Waals surface area contributed by atoms with E-state index in [1.165, 1.54) is 50.2 Å². The van der Waals surface area contributed by atoms with Gasteiger partial charge in [-0.1, -0.05) is 0 Å². The fourth-order valence-electron chi connectivity index (χ4n) is 6.29. The number of nitrogens with one attached hydrogen (secondary N) is 1. The van der Waals surface area contributed by atoms with Crippen LogP contribution in [0.25, 0.3) is 22.0 Å². The Balaban J connectivity index is 1.58. The van der Waals surface area contributed by atoms with Crippen LogP contribution in [-0.2, 0) is 9.53 Å². The summed E-state index contributed by atoms with van der Waals surface area (Å²) >= 11 is 0. The number of aromatic nitrogens is 1. The molecule has 1 atom stereocenters. The van der Waals surface area contributed by atoms with E-state index in [1.54, 1.807) is 36.6 Å². The standard InChI is InChI=1S/C34H41F4N5O5/c1-20(44)43-11-7-8-21(19-43)24-17-25(26-18-27(31(45)40(5)6)39-30(26)29(24)35)23-10-9-22(16-28(23)47-34(36,37)38)41-12-14-42(15-13-41)32(46)48-33(2,3)4/h9-10,16-18,21,39H,7-8,11-15,19H2,1-6H3/t21-/m0/s1.